The van der Waals surface area contributed by atoms with Crippen molar-refractivity contribution in [3.63, 3.8) is 0 Å². The molecule has 1 spiro atoms. The maximum Gasteiger partial charge on any atom is 0.235 e. The van der Waals surface area contributed by atoms with Crippen LogP contribution in [0, 0.1) is 10.8 Å². The Morgan fingerprint density at radius 1 is 0.867 bits per heavy atom. The molecule has 5 rings (SSSR count). The highest BCUT2D eigenvalue weighted by Crippen LogP contribution is 2.59. The van der Waals surface area contributed by atoms with Crippen LogP contribution < -0.4 is 9.47 Å². The maximum absolute atomic E-state index is 13.6. The van der Waals surface area contributed by atoms with Gasteiger partial charge >= 0.3 is 0 Å². The SMILES string of the molecule is CC1(C)CC(=O)C2(OC3=C(C(=O)CC(C)(C)C3)C2c2cccc3c2OCO3)C(=O)C1. The quantitative estimate of drug-likeness (QED) is 0.654. The fourth-order valence-corrected chi connectivity index (χ4v) is 5.49. The Labute approximate surface area is 175 Å². The number of carbonyl (C=O) groups is 3. The third-order valence-corrected chi connectivity index (χ3v) is 6.70. The molecule has 0 radical (unpaired) electrons. The molecule has 2 aliphatic heterocycles. The van der Waals surface area contributed by atoms with Crippen molar-refractivity contribution in [2.24, 2.45) is 10.8 Å². The Morgan fingerprint density at radius 2 is 1.53 bits per heavy atom. The molecule has 0 bridgehead atoms. The molecule has 0 saturated heterocycles. The first kappa shape index (κ1) is 19.3. The molecule has 30 heavy (non-hydrogen) atoms. The number of para-hydroxylation sites is 1. The van der Waals surface area contributed by atoms with Crippen molar-refractivity contribution >= 4 is 17.3 Å². The van der Waals surface area contributed by atoms with Crippen LogP contribution in [0.25, 0.3) is 0 Å². The molecule has 1 fully saturated rings. The molecule has 0 amide bonds. The van der Waals surface area contributed by atoms with Crippen molar-refractivity contribution < 1.29 is 28.6 Å². The number of ether oxygens (including phenoxy) is 3. The number of benzene rings is 1. The zero-order valence-electron chi connectivity index (χ0n) is 17.8. The fraction of sp³-hybridized carbons (Fsp3) is 0.542. The third-order valence-electron chi connectivity index (χ3n) is 6.70. The van der Waals surface area contributed by atoms with Crippen LogP contribution in [0.3, 0.4) is 0 Å². The number of carbonyl (C=O) groups excluding carboxylic acids is 3. The summed E-state index contributed by atoms with van der Waals surface area (Å²) in [4.78, 5) is 40.5. The number of ketones is 3. The third kappa shape index (κ3) is 2.58. The van der Waals surface area contributed by atoms with Gasteiger partial charge in [0.2, 0.25) is 12.4 Å². The lowest BCUT2D eigenvalue weighted by Gasteiger charge is -2.41. The topological polar surface area (TPSA) is 78.9 Å². The summed E-state index contributed by atoms with van der Waals surface area (Å²) in [5.74, 6) is 0.141. The molecule has 4 aliphatic rings. The van der Waals surface area contributed by atoms with E-state index < -0.39 is 16.9 Å². The summed E-state index contributed by atoms with van der Waals surface area (Å²) in [6.07, 6.45) is 1.31. The molecule has 2 heterocycles. The van der Waals surface area contributed by atoms with Crippen LogP contribution in [-0.2, 0) is 19.1 Å². The molecule has 1 atom stereocenters. The van der Waals surface area contributed by atoms with E-state index in [1.165, 1.54) is 0 Å². The molecule has 1 aromatic rings. The lowest BCUT2D eigenvalue weighted by atomic mass is 9.61. The zero-order valence-corrected chi connectivity index (χ0v) is 17.8. The van der Waals surface area contributed by atoms with Crippen LogP contribution >= 0.6 is 0 Å². The lowest BCUT2D eigenvalue weighted by molar-refractivity contribution is -0.160. The second-order valence-corrected chi connectivity index (χ2v) is 10.5. The van der Waals surface area contributed by atoms with Crippen molar-refractivity contribution in [3.05, 3.63) is 35.1 Å². The number of hydrogen-bond acceptors (Lipinski definition) is 6. The Hall–Kier alpha value is -2.63. The average molecular weight is 410 g/mol. The smallest absolute Gasteiger partial charge is 0.235 e. The van der Waals surface area contributed by atoms with E-state index in [2.05, 4.69) is 0 Å². The van der Waals surface area contributed by atoms with E-state index in [0.29, 0.717) is 41.2 Å². The Kier molecular flexibility index (Phi) is 3.84. The van der Waals surface area contributed by atoms with Crippen molar-refractivity contribution in [2.45, 2.75) is 64.9 Å². The normalized spacial score (nSPS) is 28.0. The van der Waals surface area contributed by atoms with Crippen LogP contribution in [-0.4, -0.2) is 29.7 Å². The Bertz CT molecular complexity index is 1010. The molecule has 6 heteroatoms. The molecule has 158 valence electrons. The maximum atomic E-state index is 13.6. The molecule has 1 aromatic carbocycles. The molecule has 1 saturated carbocycles. The number of allylic oxidation sites excluding steroid dienone is 1. The second kappa shape index (κ2) is 5.96. The van der Waals surface area contributed by atoms with Crippen molar-refractivity contribution in [3.8, 4) is 11.5 Å². The van der Waals surface area contributed by atoms with Gasteiger partial charge in [-0.1, -0.05) is 39.8 Å². The minimum atomic E-state index is -1.70. The van der Waals surface area contributed by atoms with E-state index in [9.17, 15) is 14.4 Å². The largest absolute Gasteiger partial charge is 0.474 e. The lowest BCUT2D eigenvalue weighted by Crippen LogP contribution is -2.57. The van der Waals surface area contributed by atoms with Gasteiger partial charge in [0, 0.05) is 36.8 Å². The number of hydrogen-bond donors (Lipinski definition) is 0. The van der Waals surface area contributed by atoms with Gasteiger partial charge < -0.3 is 14.2 Å². The minimum Gasteiger partial charge on any atom is -0.474 e. The number of rotatable bonds is 1. The first-order valence-electron chi connectivity index (χ1n) is 10.4. The van der Waals surface area contributed by atoms with Gasteiger partial charge in [-0.05, 0) is 16.9 Å². The van der Waals surface area contributed by atoms with Gasteiger partial charge in [0.25, 0.3) is 0 Å². The van der Waals surface area contributed by atoms with Crippen LogP contribution in [0.1, 0.15) is 64.9 Å². The van der Waals surface area contributed by atoms with Crippen molar-refractivity contribution in [1.82, 2.24) is 0 Å². The van der Waals surface area contributed by atoms with E-state index in [-0.39, 0.29) is 42.4 Å². The predicted octanol–water partition coefficient (Wildman–Crippen LogP) is 3.87. The molecular formula is C24H26O6. The molecular weight excluding hydrogens is 384 g/mol. The van der Waals surface area contributed by atoms with Crippen LogP contribution in [0.4, 0.5) is 0 Å². The summed E-state index contributed by atoms with van der Waals surface area (Å²) in [5, 5.41) is 0. The summed E-state index contributed by atoms with van der Waals surface area (Å²) in [6, 6.07) is 5.39. The Morgan fingerprint density at radius 3 is 2.23 bits per heavy atom. The standard InChI is InChI=1S/C24H26O6/c1-22(2)8-14(25)19-16(9-22)30-24(17(26)10-23(3,4)11-18(24)27)20(19)13-6-5-7-15-21(13)29-12-28-15/h5-7,20H,8-12H2,1-4H3. The van der Waals surface area contributed by atoms with Gasteiger partial charge in [-0.2, -0.15) is 0 Å². The molecule has 2 aliphatic carbocycles. The highest BCUT2D eigenvalue weighted by Gasteiger charge is 2.66. The van der Waals surface area contributed by atoms with E-state index >= 15 is 0 Å². The summed E-state index contributed by atoms with van der Waals surface area (Å²) >= 11 is 0. The van der Waals surface area contributed by atoms with E-state index in [4.69, 9.17) is 14.2 Å². The summed E-state index contributed by atoms with van der Waals surface area (Å²) < 4.78 is 17.5. The first-order chi connectivity index (χ1) is 14.0. The second-order valence-electron chi connectivity index (χ2n) is 10.5. The van der Waals surface area contributed by atoms with Crippen molar-refractivity contribution in [1.29, 1.82) is 0 Å². The monoisotopic (exact) mass is 410 g/mol. The summed E-state index contributed by atoms with van der Waals surface area (Å²) in [5.41, 5.74) is -1.34. The predicted molar refractivity (Wildman–Crippen MR) is 107 cm³/mol. The summed E-state index contributed by atoms with van der Waals surface area (Å²) in [7, 11) is 0. The van der Waals surface area contributed by atoms with Gasteiger partial charge in [-0.3, -0.25) is 14.4 Å². The van der Waals surface area contributed by atoms with E-state index in [0.717, 1.165) is 0 Å². The fourth-order valence-electron chi connectivity index (χ4n) is 5.49. The average Bonchev–Trinajstić information content (AvgIpc) is 3.21. The van der Waals surface area contributed by atoms with E-state index in [1.807, 2.05) is 33.8 Å². The zero-order chi connectivity index (χ0) is 21.5. The highest BCUT2D eigenvalue weighted by atomic mass is 16.7. The molecule has 0 N–H and O–H groups in total. The van der Waals surface area contributed by atoms with Gasteiger partial charge in [0.15, 0.2) is 28.8 Å². The minimum absolute atomic E-state index is 0.0642. The molecule has 1 unspecified atom stereocenters. The van der Waals surface area contributed by atoms with Gasteiger partial charge in [-0.15, -0.1) is 0 Å². The highest BCUT2D eigenvalue weighted by molar-refractivity contribution is 6.17. The number of Topliss-reactive ketones (excluding diaryl/α,β-unsaturated/α-hetero) is 3. The van der Waals surface area contributed by atoms with Crippen LogP contribution in [0.5, 0.6) is 11.5 Å². The molecule has 0 aromatic heterocycles. The van der Waals surface area contributed by atoms with E-state index in [1.54, 1.807) is 12.1 Å². The van der Waals surface area contributed by atoms with Crippen LogP contribution in [0.15, 0.2) is 29.5 Å². The van der Waals surface area contributed by atoms with Gasteiger partial charge in [0.05, 0.1) is 5.92 Å². The summed E-state index contributed by atoms with van der Waals surface area (Å²) in [6.45, 7) is 7.90. The van der Waals surface area contributed by atoms with Crippen LogP contribution in [0.2, 0.25) is 0 Å². The van der Waals surface area contributed by atoms with Crippen molar-refractivity contribution in [2.75, 3.05) is 6.79 Å². The molecule has 6 nitrogen and oxygen atoms in total. The Balaban J connectivity index is 1.74. The van der Waals surface area contributed by atoms with Gasteiger partial charge in [0.1, 0.15) is 5.76 Å². The first-order valence-corrected chi connectivity index (χ1v) is 10.4. The van der Waals surface area contributed by atoms with Gasteiger partial charge in [-0.25, -0.2) is 0 Å². The number of fused-ring (bicyclic) bond motifs is 1.